The Balaban J connectivity index is 1.61. The Morgan fingerprint density at radius 2 is 2.10 bits per heavy atom. The van der Waals surface area contributed by atoms with Gasteiger partial charge in [0, 0.05) is 24.0 Å². The predicted octanol–water partition coefficient (Wildman–Crippen LogP) is 4.22. The summed E-state index contributed by atoms with van der Waals surface area (Å²) in [7, 11) is 0. The first-order chi connectivity index (χ1) is 14.7. The van der Waals surface area contributed by atoms with Crippen LogP contribution in [0.5, 0.6) is 5.88 Å². The Hall–Kier alpha value is -3.74. The first kappa shape index (κ1) is 17.1. The average molecular weight is 398 g/mol. The molecule has 1 aliphatic heterocycles. The second-order valence-electron chi connectivity index (χ2n) is 7.70. The number of nitrogens with zero attached hydrogens (tertiary/aromatic N) is 4. The van der Waals surface area contributed by atoms with Crippen LogP contribution < -0.4 is 4.74 Å². The lowest BCUT2D eigenvalue weighted by Crippen LogP contribution is -2.26. The normalized spacial score (nSPS) is 18.3. The van der Waals surface area contributed by atoms with Crippen molar-refractivity contribution in [3.63, 3.8) is 0 Å². The van der Waals surface area contributed by atoms with E-state index in [-0.39, 0.29) is 5.78 Å². The maximum absolute atomic E-state index is 12.9. The zero-order valence-electron chi connectivity index (χ0n) is 16.3. The summed E-state index contributed by atoms with van der Waals surface area (Å²) in [5.41, 5.74) is 4.03. The van der Waals surface area contributed by atoms with Crippen LogP contribution >= 0.6 is 0 Å². The molecule has 1 aliphatic carbocycles. The molecule has 0 amide bonds. The van der Waals surface area contributed by atoms with Crippen molar-refractivity contribution in [3.05, 3.63) is 77.2 Å². The Labute approximate surface area is 172 Å². The highest BCUT2D eigenvalue weighted by molar-refractivity contribution is 5.99. The molecule has 0 saturated heterocycles. The van der Waals surface area contributed by atoms with E-state index < -0.39 is 5.92 Å². The van der Waals surface area contributed by atoms with Crippen molar-refractivity contribution in [2.24, 2.45) is 0 Å². The molecular formula is C23H18N4O3. The van der Waals surface area contributed by atoms with Gasteiger partial charge >= 0.3 is 0 Å². The van der Waals surface area contributed by atoms with E-state index in [1.807, 2.05) is 43.3 Å². The van der Waals surface area contributed by atoms with E-state index in [1.54, 1.807) is 17.1 Å². The molecule has 0 spiro atoms. The van der Waals surface area contributed by atoms with Crippen LogP contribution in [0.3, 0.4) is 0 Å². The van der Waals surface area contributed by atoms with Gasteiger partial charge in [-0.2, -0.15) is 0 Å². The molecule has 0 bridgehead atoms. The number of hydrogen-bond acceptors (Lipinski definition) is 6. The quantitative estimate of drug-likeness (QED) is 0.503. The molecule has 7 heteroatoms. The van der Waals surface area contributed by atoms with E-state index in [4.69, 9.17) is 14.1 Å². The first-order valence-electron chi connectivity index (χ1n) is 9.99. The van der Waals surface area contributed by atoms with Gasteiger partial charge in [0.1, 0.15) is 17.8 Å². The van der Waals surface area contributed by atoms with E-state index in [9.17, 15) is 4.79 Å². The molecule has 0 fully saturated rings. The molecular weight excluding hydrogens is 380 g/mol. The molecule has 7 nitrogen and oxygen atoms in total. The third-order valence-corrected chi connectivity index (χ3v) is 5.70. The predicted molar refractivity (Wildman–Crippen MR) is 108 cm³/mol. The molecule has 1 atom stereocenters. The minimum absolute atomic E-state index is 0.0868. The number of rotatable bonds is 2. The Bertz CT molecular complexity index is 1330. The number of ketones is 1. The van der Waals surface area contributed by atoms with E-state index in [1.165, 1.54) is 0 Å². The molecule has 0 N–H and O–H groups in total. The summed E-state index contributed by atoms with van der Waals surface area (Å²) in [6, 6.07) is 11.7. The molecule has 2 aliphatic rings. The van der Waals surface area contributed by atoms with Gasteiger partial charge in [0.15, 0.2) is 17.3 Å². The smallest absolute Gasteiger partial charge is 0.228 e. The molecule has 4 heterocycles. The van der Waals surface area contributed by atoms with E-state index in [0.717, 1.165) is 17.5 Å². The monoisotopic (exact) mass is 398 g/mol. The second kappa shape index (κ2) is 6.38. The number of furan rings is 1. The zero-order valence-corrected chi connectivity index (χ0v) is 16.3. The highest BCUT2D eigenvalue weighted by Crippen LogP contribution is 2.47. The van der Waals surface area contributed by atoms with Gasteiger partial charge in [0.05, 0.1) is 17.7 Å². The van der Waals surface area contributed by atoms with Crippen molar-refractivity contribution in [1.82, 2.24) is 19.6 Å². The van der Waals surface area contributed by atoms with Crippen LogP contribution in [-0.2, 0) is 4.79 Å². The number of aryl methyl sites for hydroxylation is 1. The van der Waals surface area contributed by atoms with Crippen LogP contribution in [0.15, 0.2) is 64.7 Å². The van der Waals surface area contributed by atoms with Crippen LogP contribution in [-0.4, -0.2) is 25.4 Å². The fourth-order valence-corrected chi connectivity index (χ4v) is 4.36. The van der Waals surface area contributed by atoms with Crippen molar-refractivity contribution >= 4 is 11.4 Å². The van der Waals surface area contributed by atoms with Crippen LogP contribution in [0.1, 0.15) is 42.1 Å². The van der Waals surface area contributed by atoms with Crippen molar-refractivity contribution in [2.45, 2.75) is 32.1 Å². The lowest BCUT2D eigenvalue weighted by Gasteiger charge is -2.30. The Morgan fingerprint density at radius 1 is 1.17 bits per heavy atom. The maximum atomic E-state index is 12.9. The van der Waals surface area contributed by atoms with Crippen molar-refractivity contribution < 1.29 is 13.9 Å². The molecule has 1 unspecified atom stereocenters. The second-order valence-corrected chi connectivity index (χ2v) is 7.70. The summed E-state index contributed by atoms with van der Waals surface area (Å²) < 4.78 is 13.5. The maximum Gasteiger partial charge on any atom is 0.228 e. The number of benzene rings is 1. The number of ether oxygens (including phenoxy) is 1. The zero-order chi connectivity index (χ0) is 20.2. The van der Waals surface area contributed by atoms with Crippen molar-refractivity contribution in [2.75, 3.05) is 0 Å². The largest absolute Gasteiger partial charge is 0.468 e. The first-order valence-corrected chi connectivity index (χ1v) is 9.99. The highest BCUT2D eigenvalue weighted by Gasteiger charge is 2.40. The lowest BCUT2D eigenvalue weighted by molar-refractivity contribution is -0.116. The summed E-state index contributed by atoms with van der Waals surface area (Å²) in [5.74, 6) is 2.11. The summed E-state index contributed by atoms with van der Waals surface area (Å²) in [5, 5.41) is 4.63. The van der Waals surface area contributed by atoms with Crippen LogP contribution in [0.25, 0.3) is 17.0 Å². The third kappa shape index (κ3) is 2.51. The van der Waals surface area contributed by atoms with Gasteiger partial charge < -0.3 is 9.15 Å². The van der Waals surface area contributed by atoms with E-state index in [2.05, 4.69) is 10.1 Å². The summed E-state index contributed by atoms with van der Waals surface area (Å²) in [4.78, 5) is 22.2. The fourth-order valence-electron chi connectivity index (χ4n) is 4.36. The van der Waals surface area contributed by atoms with Gasteiger partial charge in [0.25, 0.3) is 0 Å². The van der Waals surface area contributed by atoms with E-state index in [0.29, 0.717) is 52.8 Å². The van der Waals surface area contributed by atoms with Crippen LogP contribution in [0.4, 0.5) is 0 Å². The third-order valence-electron chi connectivity index (χ3n) is 5.70. The molecule has 0 radical (unpaired) electrons. The van der Waals surface area contributed by atoms with Gasteiger partial charge in [-0.3, -0.25) is 4.79 Å². The molecule has 6 rings (SSSR count). The minimum Gasteiger partial charge on any atom is -0.468 e. The standard InChI is InChI=1S/C23H18N4O3/c1-13-5-2-6-14(11-13)21-25-22-20-19(16-9-4-10-29-16)18-15(28)7-3-8-17(18)30-23(20)24-12-27(22)26-21/h2,4-6,9-12,19H,3,7-8H2,1H3. The molecule has 0 saturated carbocycles. The Morgan fingerprint density at radius 3 is 2.93 bits per heavy atom. The number of aromatic nitrogens is 4. The number of Topliss-reactive ketones (excluding diaryl/α,β-unsaturated/α-hetero) is 1. The number of carbonyl (C=O) groups is 1. The molecule has 148 valence electrons. The fraction of sp³-hybridized carbons (Fsp3) is 0.217. The minimum atomic E-state index is -0.405. The van der Waals surface area contributed by atoms with Gasteiger partial charge in [-0.1, -0.05) is 23.8 Å². The number of hydrogen-bond donors (Lipinski definition) is 0. The summed E-state index contributed by atoms with van der Waals surface area (Å²) in [6.45, 7) is 2.03. The number of fused-ring (bicyclic) bond motifs is 3. The van der Waals surface area contributed by atoms with Crippen molar-refractivity contribution in [3.8, 4) is 17.3 Å². The van der Waals surface area contributed by atoms with Crippen LogP contribution in [0, 0.1) is 6.92 Å². The lowest BCUT2D eigenvalue weighted by atomic mass is 9.80. The number of allylic oxidation sites excluding steroid dienone is 2. The van der Waals surface area contributed by atoms with Crippen LogP contribution in [0.2, 0.25) is 0 Å². The Kier molecular flexibility index (Phi) is 3.65. The highest BCUT2D eigenvalue weighted by atomic mass is 16.5. The molecule has 30 heavy (non-hydrogen) atoms. The SMILES string of the molecule is Cc1cccc(-c2nc3c4c(ncn3n2)OC2=C(C(=O)CCC2)C4c2ccco2)c1. The van der Waals surface area contributed by atoms with E-state index >= 15 is 0 Å². The van der Waals surface area contributed by atoms with Gasteiger partial charge in [-0.15, -0.1) is 5.10 Å². The van der Waals surface area contributed by atoms with Crippen molar-refractivity contribution in [1.29, 1.82) is 0 Å². The summed E-state index contributed by atoms with van der Waals surface area (Å²) >= 11 is 0. The number of carbonyl (C=O) groups excluding carboxylic acids is 1. The van der Waals surface area contributed by atoms with Gasteiger partial charge in [-0.05, 0) is 31.5 Å². The molecule has 1 aromatic carbocycles. The van der Waals surface area contributed by atoms with Gasteiger partial charge in [-0.25, -0.2) is 14.5 Å². The van der Waals surface area contributed by atoms with Gasteiger partial charge in [0.2, 0.25) is 5.88 Å². The molecule has 4 aromatic rings. The topological polar surface area (TPSA) is 82.5 Å². The summed E-state index contributed by atoms with van der Waals surface area (Å²) in [6.07, 6.45) is 5.23. The average Bonchev–Trinajstić information content (AvgIpc) is 3.42. The molecule has 3 aromatic heterocycles.